The Balaban J connectivity index is 1.28. The van der Waals surface area contributed by atoms with Crippen molar-refractivity contribution in [3.05, 3.63) is 115 Å². The molecule has 0 atom stereocenters. The Morgan fingerprint density at radius 1 is 0.629 bits per heavy atom. The fourth-order valence-corrected chi connectivity index (χ4v) is 4.24. The Kier molecular flexibility index (Phi) is 7.64. The minimum absolute atomic E-state index is 0.0945. The number of para-hydroxylation sites is 2. The number of carbonyl (C=O) groups excluding carboxylic acids is 1. The number of hydrogen-bond acceptors (Lipinski definition) is 5. The predicted octanol–water partition coefficient (Wildman–Crippen LogP) is 5.20. The van der Waals surface area contributed by atoms with Gasteiger partial charge in [-0.3, -0.25) is 9.52 Å². The molecule has 2 N–H and O–H groups in total. The average molecular weight is 489 g/mol. The second-order valence-corrected chi connectivity index (χ2v) is 9.17. The molecular weight excluding hydrogens is 464 g/mol. The summed E-state index contributed by atoms with van der Waals surface area (Å²) in [5.74, 6) is 1.09. The predicted molar refractivity (Wildman–Crippen MR) is 136 cm³/mol. The van der Waals surface area contributed by atoms with Gasteiger partial charge in [0.15, 0.2) is 0 Å². The number of amides is 1. The highest BCUT2D eigenvalue weighted by molar-refractivity contribution is 7.92. The summed E-state index contributed by atoms with van der Waals surface area (Å²) in [6.07, 6.45) is 0. The molecule has 0 saturated carbocycles. The van der Waals surface area contributed by atoms with Crippen LogP contribution in [0.5, 0.6) is 11.5 Å². The summed E-state index contributed by atoms with van der Waals surface area (Å²) in [4.78, 5) is 12.7. The lowest BCUT2D eigenvalue weighted by atomic mass is 10.2. The highest BCUT2D eigenvalue weighted by Crippen LogP contribution is 2.19. The first-order chi connectivity index (χ1) is 17.0. The van der Waals surface area contributed by atoms with Gasteiger partial charge in [-0.05, 0) is 72.8 Å². The van der Waals surface area contributed by atoms with Gasteiger partial charge in [0.25, 0.3) is 15.9 Å². The van der Waals surface area contributed by atoms with Crippen LogP contribution in [0.25, 0.3) is 0 Å². The number of hydrogen-bond donors (Lipinski definition) is 2. The van der Waals surface area contributed by atoms with Gasteiger partial charge in [-0.2, -0.15) is 0 Å². The topological polar surface area (TPSA) is 93.7 Å². The van der Waals surface area contributed by atoms with E-state index >= 15 is 0 Å². The quantitative estimate of drug-likeness (QED) is 0.299. The zero-order chi connectivity index (χ0) is 24.5. The van der Waals surface area contributed by atoms with Crippen LogP contribution in [0.15, 0.2) is 114 Å². The number of sulfonamides is 1. The van der Waals surface area contributed by atoms with Crippen molar-refractivity contribution in [2.75, 3.05) is 23.3 Å². The number of benzene rings is 4. The van der Waals surface area contributed by atoms with Crippen LogP contribution in [0.3, 0.4) is 0 Å². The molecule has 0 aromatic heterocycles. The summed E-state index contributed by atoms with van der Waals surface area (Å²) in [7, 11) is -3.73. The molecule has 0 saturated heterocycles. The van der Waals surface area contributed by atoms with E-state index in [1.54, 1.807) is 66.7 Å². The Morgan fingerprint density at radius 2 is 1.17 bits per heavy atom. The van der Waals surface area contributed by atoms with Crippen LogP contribution in [0.1, 0.15) is 10.4 Å². The summed E-state index contributed by atoms with van der Waals surface area (Å²) < 4.78 is 38.8. The molecule has 0 unspecified atom stereocenters. The molecule has 8 heteroatoms. The number of anilines is 2. The zero-order valence-electron chi connectivity index (χ0n) is 18.8. The number of rotatable bonds is 10. The summed E-state index contributed by atoms with van der Waals surface area (Å²) in [5.41, 5.74) is 1.40. The molecule has 35 heavy (non-hydrogen) atoms. The van der Waals surface area contributed by atoms with Crippen LogP contribution in [-0.2, 0) is 10.0 Å². The van der Waals surface area contributed by atoms with E-state index in [0.717, 1.165) is 5.75 Å². The average Bonchev–Trinajstić information content (AvgIpc) is 2.88. The van der Waals surface area contributed by atoms with Crippen molar-refractivity contribution < 1.29 is 22.7 Å². The van der Waals surface area contributed by atoms with Gasteiger partial charge in [0.05, 0.1) is 4.90 Å². The van der Waals surface area contributed by atoms with Crippen LogP contribution < -0.4 is 19.5 Å². The van der Waals surface area contributed by atoms with Crippen LogP contribution >= 0.6 is 0 Å². The molecule has 0 fully saturated rings. The molecule has 0 bridgehead atoms. The van der Waals surface area contributed by atoms with Gasteiger partial charge in [0.1, 0.15) is 24.7 Å². The second-order valence-electron chi connectivity index (χ2n) is 7.48. The molecule has 178 valence electrons. The molecule has 4 aromatic rings. The largest absolute Gasteiger partial charge is 0.490 e. The van der Waals surface area contributed by atoms with Crippen LogP contribution in [-0.4, -0.2) is 27.5 Å². The van der Waals surface area contributed by atoms with E-state index in [9.17, 15) is 13.2 Å². The molecule has 0 spiro atoms. The summed E-state index contributed by atoms with van der Waals surface area (Å²) in [6, 6.07) is 30.8. The smallest absolute Gasteiger partial charge is 0.261 e. The maximum atomic E-state index is 12.6. The summed E-state index contributed by atoms with van der Waals surface area (Å²) in [5, 5.41) is 2.76. The monoisotopic (exact) mass is 488 g/mol. The maximum Gasteiger partial charge on any atom is 0.261 e. The van der Waals surface area contributed by atoms with Crippen molar-refractivity contribution in [3.63, 3.8) is 0 Å². The third-order valence-electron chi connectivity index (χ3n) is 4.93. The molecule has 7 nitrogen and oxygen atoms in total. The van der Waals surface area contributed by atoms with Gasteiger partial charge < -0.3 is 14.8 Å². The van der Waals surface area contributed by atoms with E-state index in [1.807, 2.05) is 30.3 Å². The fourth-order valence-electron chi connectivity index (χ4n) is 3.18. The van der Waals surface area contributed by atoms with Gasteiger partial charge in [-0.1, -0.05) is 36.4 Å². The lowest BCUT2D eigenvalue weighted by Gasteiger charge is -2.10. The van der Waals surface area contributed by atoms with Crippen molar-refractivity contribution in [1.29, 1.82) is 0 Å². The molecule has 0 radical (unpaired) electrons. The van der Waals surface area contributed by atoms with E-state index in [0.29, 0.717) is 35.9 Å². The van der Waals surface area contributed by atoms with Gasteiger partial charge >= 0.3 is 0 Å². The summed E-state index contributed by atoms with van der Waals surface area (Å²) >= 11 is 0. The van der Waals surface area contributed by atoms with Crippen LogP contribution in [0.4, 0.5) is 11.4 Å². The number of ether oxygens (including phenoxy) is 2. The van der Waals surface area contributed by atoms with Gasteiger partial charge in [0, 0.05) is 16.9 Å². The molecule has 0 aliphatic rings. The number of carbonyl (C=O) groups is 1. The van der Waals surface area contributed by atoms with E-state index in [2.05, 4.69) is 10.0 Å². The normalized spacial score (nSPS) is 10.9. The zero-order valence-corrected chi connectivity index (χ0v) is 19.6. The van der Waals surface area contributed by atoms with Crippen molar-refractivity contribution in [2.24, 2.45) is 0 Å². The standard InChI is InChI=1S/C27H24N2O5S/c30-27(21-11-15-25(16-12-21)34-20-19-33-24-9-5-2-6-10-24)28-22-13-17-26(18-14-22)35(31,32)29-23-7-3-1-4-8-23/h1-18,29H,19-20H2,(H,28,30). The van der Waals surface area contributed by atoms with Crippen molar-refractivity contribution in [2.45, 2.75) is 4.90 Å². The first-order valence-corrected chi connectivity index (χ1v) is 12.4. The molecule has 1 amide bonds. The molecule has 0 aliphatic heterocycles. The molecule has 4 rings (SSSR count). The lowest BCUT2D eigenvalue weighted by Crippen LogP contribution is -2.14. The minimum atomic E-state index is -3.73. The second kappa shape index (κ2) is 11.2. The van der Waals surface area contributed by atoms with E-state index in [1.165, 1.54) is 12.1 Å². The Hall–Kier alpha value is -4.30. The van der Waals surface area contributed by atoms with Crippen molar-refractivity contribution >= 4 is 27.3 Å². The summed E-state index contributed by atoms with van der Waals surface area (Å²) in [6.45, 7) is 0.771. The van der Waals surface area contributed by atoms with Crippen LogP contribution in [0.2, 0.25) is 0 Å². The SMILES string of the molecule is O=C(Nc1ccc(S(=O)(=O)Nc2ccccc2)cc1)c1ccc(OCCOc2ccccc2)cc1. The van der Waals surface area contributed by atoms with E-state index in [-0.39, 0.29) is 10.8 Å². The highest BCUT2D eigenvalue weighted by atomic mass is 32.2. The lowest BCUT2D eigenvalue weighted by molar-refractivity contribution is 0.102. The van der Waals surface area contributed by atoms with Gasteiger partial charge in [-0.25, -0.2) is 8.42 Å². The third kappa shape index (κ3) is 6.84. The molecule has 0 aliphatic carbocycles. The fraction of sp³-hybridized carbons (Fsp3) is 0.0741. The first-order valence-electron chi connectivity index (χ1n) is 10.9. The molecule has 4 aromatic carbocycles. The van der Waals surface area contributed by atoms with Crippen molar-refractivity contribution in [3.8, 4) is 11.5 Å². The van der Waals surface area contributed by atoms with Gasteiger partial charge in [0.2, 0.25) is 0 Å². The molecular formula is C27H24N2O5S. The third-order valence-corrected chi connectivity index (χ3v) is 6.33. The van der Waals surface area contributed by atoms with Crippen molar-refractivity contribution in [1.82, 2.24) is 0 Å². The molecule has 0 heterocycles. The number of nitrogens with one attached hydrogen (secondary N) is 2. The Morgan fingerprint density at radius 3 is 1.77 bits per heavy atom. The minimum Gasteiger partial charge on any atom is -0.490 e. The van der Waals surface area contributed by atoms with E-state index in [4.69, 9.17) is 9.47 Å². The Labute approximate surface area is 204 Å². The van der Waals surface area contributed by atoms with Crippen LogP contribution in [0, 0.1) is 0 Å². The maximum absolute atomic E-state index is 12.6. The highest BCUT2D eigenvalue weighted by Gasteiger charge is 2.14. The first kappa shape index (κ1) is 23.8. The van der Waals surface area contributed by atoms with E-state index < -0.39 is 10.0 Å². The Bertz CT molecular complexity index is 1340. The van der Waals surface area contributed by atoms with Gasteiger partial charge in [-0.15, -0.1) is 0 Å².